The normalized spacial score (nSPS) is 17.8. The second-order valence-electron chi connectivity index (χ2n) is 7.87. The van der Waals surface area contributed by atoms with E-state index in [9.17, 15) is 4.79 Å². The summed E-state index contributed by atoms with van der Waals surface area (Å²) in [6, 6.07) is 16.5. The van der Waals surface area contributed by atoms with Crippen LogP contribution in [-0.4, -0.2) is 44.2 Å². The van der Waals surface area contributed by atoms with Crippen LogP contribution in [0.25, 0.3) is 0 Å². The number of fused-ring (bicyclic) bond motifs is 1. The number of hydrogen-bond acceptors (Lipinski definition) is 3. The summed E-state index contributed by atoms with van der Waals surface area (Å²) in [5.41, 5.74) is 4.92. The molecule has 28 heavy (non-hydrogen) atoms. The first-order chi connectivity index (χ1) is 13.7. The standard InChI is InChI=1S/C23H30N4O/c1-26-13-7-8-18-16-19(11-12-21(18)26)22(27-14-5-6-15-27)17-24-23(28)25-20-9-3-2-4-10-20/h2-4,9-12,16,22H,5-8,13-15,17H2,1H3,(H2,24,25,28)/t22-/m1/s1. The second kappa shape index (κ2) is 8.65. The highest BCUT2D eigenvalue weighted by Crippen LogP contribution is 2.31. The van der Waals surface area contributed by atoms with Crippen molar-refractivity contribution in [2.75, 3.05) is 43.4 Å². The maximum Gasteiger partial charge on any atom is 0.319 e. The zero-order valence-corrected chi connectivity index (χ0v) is 16.7. The van der Waals surface area contributed by atoms with Crippen molar-refractivity contribution in [3.8, 4) is 0 Å². The lowest BCUT2D eigenvalue weighted by Crippen LogP contribution is -2.38. The van der Waals surface area contributed by atoms with Gasteiger partial charge in [-0.15, -0.1) is 0 Å². The van der Waals surface area contributed by atoms with E-state index in [2.05, 4.69) is 45.7 Å². The molecular formula is C23H30N4O. The van der Waals surface area contributed by atoms with Gasteiger partial charge in [0, 0.05) is 31.5 Å². The summed E-state index contributed by atoms with van der Waals surface area (Å²) in [6.45, 7) is 3.95. The van der Waals surface area contributed by atoms with Gasteiger partial charge in [0.05, 0.1) is 6.04 Å². The molecule has 0 aromatic heterocycles. The Bertz CT molecular complexity index is 802. The number of aryl methyl sites for hydroxylation is 1. The molecular weight excluding hydrogens is 348 g/mol. The van der Waals surface area contributed by atoms with Crippen LogP contribution in [-0.2, 0) is 6.42 Å². The lowest BCUT2D eigenvalue weighted by atomic mass is 9.96. The number of nitrogens with zero attached hydrogens (tertiary/aromatic N) is 2. The number of urea groups is 1. The molecule has 1 fully saturated rings. The molecule has 5 nitrogen and oxygen atoms in total. The number of anilines is 2. The molecule has 0 saturated carbocycles. The third-order valence-electron chi connectivity index (χ3n) is 5.91. The van der Waals surface area contributed by atoms with E-state index in [0.717, 1.165) is 31.7 Å². The van der Waals surface area contributed by atoms with E-state index in [1.807, 2.05) is 30.3 Å². The van der Waals surface area contributed by atoms with Crippen LogP contribution < -0.4 is 15.5 Å². The van der Waals surface area contributed by atoms with Crippen molar-refractivity contribution in [1.82, 2.24) is 10.2 Å². The predicted octanol–water partition coefficient (Wildman–Crippen LogP) is 4.03. The largest absolute Gasteiger partial charge is 0.374 e. The quantitative estimate of drug-likeness (QED) is 0.826. The average Bonchev–Trinajstić information content (AvgIpc) is 3.23. The molecule has 2 aliphatic heterocycles. The number of carbonyl (C=O) groups is 1. The van der Waals surface area contributed by atoms with Crippen LogP contribution in [0.4, 0.5) is 16.2 Å². The molecule has 148 valence electrons. The molecule has 2 amide bonds. The number of hydrogen-bond donors (Lipinski definition) is 2. The summed E-state index contributed by atoms with van der Waals surface area (Å²) >= 11 is 0. The van der Waals surface area contributed by atoms with Gasteiger partial charge in [-0.2, -0.15) is 0 Å². The Morgan fingerprint density at radius 1 is 1.04 bits per heavy atom. The highest BCUT2D eigenvalue weighted by molar-refractivity contribution is 5.89. The number of rotatable bonds is 5. The van der Waals surface area contributed by atoms with E-state index in [0.29, 0.717) is 6.54 Å². The minimum atomic E-state index is -0.145. The number of benzene rings is 2. The van der Waals surface area contributed by atoms with Gasteiger partial charge in [0.1, 0.15) is 0 Å². The smallest absolute Gasteiger partial charge is 0.319 e. The summed E-state index contributed by atoms with van der Waals surface area (Å²) in [5.74, 6) is 0. The fourth-order valence-electron chi connectivity index (χ4n) is 4.41. The van der Waals surface area contributed by atoms with Crippen molar-refractivity contribution in [2.45, 2.75) is 31.7 Å². The van der Waals surface area contributed by atoms with Crippen LogP contribution in [0.5, 0.6) is 0 Å². The maximum absolute atomic E-state index is 12.4. The topological polar surface area (TPSA) is 47.6 Å². The van der Waals surface area contributed by atoms with Crippen molar-refractivity contribution in [3.05, 3.63) is 59.7 Å². The Hall–Kier alpha value is -2.53. The van der Waals surface area contributed by atoms with E-state index in [1.54, 1.807) is 0 Å². The van der Waals surface area contributed by atoms with E-state index in [1.165, 1.54) is 36.1 Å². The van der Waals surface area contributed by atoms with Gasteiger partial charge < -0.3 is 15.5 Å². The predicted molar refractivity (Wildman–Crippen MR) is 115 cm³/mol. The molecule has 0 radical (unpaired) electrons. The number of carbonyl (C=O) groups excluding carboxylic acids is 1. The van der Waals surface area contributed by atoms with Gasteiger partial charge in [-0.05, 0) is 68.1 Å². The summed E-state index contributed by atoms with van der Waals surface area (Å²) in [5, 5.41) is 6.01. The van der Waals surface area contributed by atoms with Gasteiger partial charge in [0.15, 0.2) is 0 Å². The highest BCUT2D eigenvalue weighted by Gasteiger charge is 2.25. The molecule has 2 aromatic carbocycles. The molecule has 2 aromatic rings. The van der Waals surface area contributed by atoms with Gasteiger partial charge in [-0.25, -0.2) is 4.79 Å². The maximum atomic E-state index is 12.4. The van der Waals surface area contributed by atoms with E-state index < -0.39 is 0 Å². The lowest BCUT2D eigenvalue weighted by molar-refractivity contribution is 0.227. The molecule has 5 heteroatoms. The van der Waals surface area contributed by atoms with Crippen LogP contribution in [0.3, 0.4) is 0 Å². The monoisotopic (exact) mass is 378 g/mol. The Kier molecular flexibility index (Phi) is 5.81. The van der Waals surface area contributed by atoms with Crippen molar-refractivity contribution >= 4 is 17.4 Å². The van der Waals surface area contributed by atoms with Gasteiger partial charge in [-0.3, -0.25) is 4.90 Å². The Morgan fingerprint density at radius 2 is 1.82 bits per heavy atom. The Labute approximate surface area is 167 Å². The second-order valence-corrected chi connectivity index (χ2v) is 7.87. The van der Waals surface area contributed by atoms with E-state index in [4.69, 9.17) is 0 Å². The van der Waals surface area contributed by atoms with E-state index >= 15 is 0 Å². The zero-order chi connectivity index (χ0) is 19.3. The van der Waals surface area contributed by atoms with E-state index in [-0.39, 0.29) is 12.1 Å². The Morgan fingerprint density at radius 3 is 2.61 bits per heavy atom. The highest BCUT2D eigenvalue weighted by atomic mass is 16.2. The van der Waals surface area contributed by atoms with Crippen LogP contribution in [0, 0.1) is 0 Å². The number of amides is 2. The molecule has 2 N–H and O–H groups in total. The van der Waals surface area contributed by atoms with Crippen molar-refractivity contribution in [3.63, 3.8) is 0 Å². The van der Waals surface area contributed by atoms with Crippen molar-refractivity contribution in [1.29, 1.82) is 0 Å². The molecule has 2 heterocycles. The number of para-hydroxylation sites is 1. The van der Waals surface area contributed by atoms with Crippen LogP contribution >= 0.6 is 0 Å². The summed E-state index contributed by atoms with van der Waals surface area (Å²) in [6.07, 6.45) is 4.82. The third kappa shape index (κ3) is 4.30. The molecule has 2 aliphatic rings. The molecule has 0 spiro atoms. The fraction of sp³-hybridized carbons (Fsp3) is 0.435. The molecule has 0 bridgehead atoms. The molecule has 1 atom stereocenters. The van der Waals surface area contributed by atoms with Crippen molar-refractivity contribution in [2.24, 2.45) is 0 Å². The average molecular weight is 379 g/mol. The fourth-order valence-corrected chi connectivity index (χ4v) is 4.41. The summed E-state index contributed by atoms with van der Waals surface area (Å²) in [4.78, 5) is 17.2. The minimum absolute atomic E-state index is 0.145. The first kappa shape index (κ1) is 18.8. The Balaban J connectivity index is 1.47. The summed E-state index contributed by atoms with van der Waals surface area (Å²) in [7, 11) is 2.17. The number of likely N-dealkylation sites (tertiary alicyclic amines) is 1. The lowest BCUT2D eigenvalue weighted by Gasteiger charge is -2.32. The van der Waals surface area contributed by atoms with Gasteiger partial charge in [0.25, 0.3) is 0 Å². The molecule has 4 rings (SSSR count). The van der Waals surface area contributed by atoms with Gasteiger partial charge in [0.2, 0.25) is 0 Å². The van der Waals surface area contributed by atoms with Crippen LogP contribution in [0.2, 0.25) is 0 Å². The van der Waals surface area contributed by atoms with Gasteiger partial charge in [-0.1, -0.05) is 30.3 Å². The molecule has 0 aliphatic carbocycles. The van der Waals surface area contributed by atoms with Crippen molar-refractivity contribution < 1.29 is 4.79 Å². The molecule has 0 unspecified atom stereocenters. The van der Waals surface area contributed by atoms with Crippen LogP contribution in [0.1, 0.15) is 36.4 Å². The third-order valence-corrected chi connectivity index (χ3v) is 5.91. The van der Waals surface area contributed by atoms with Gasteiger partial charge >= 0.3 is 6.03 Å². The first-order valence-electron chi connectivity index (χ1n) is 10.4. The SMILES string of the molecule is CN1CCCc2cc([C@@H](CNC(=O)Nc3ccccc3)N3CCCC3)ccc21. The molecule has 1 saturated heterocycles. The summed E-state index contributed by atoms with van der Waals surface area (Å²) < 4.78 is 0. The first-order valence-corrected chi connectivity index (χ1v) is 10.4. The van der Waals surface area contributed by atoms with Crippen LogP contribution in [0.15, 0.2) is 48.5 Å². The zero-order valence-electron chi connectivity index (χ0n) is 16.7. The number of nitrogens with one attached hydrogen (secondary N) is 2. The minimum Gasteiger partial charge on any atom is -0.374 e.